The molecule has 0 bridgehead atoms. The molecule has 1 heterocycles. The third-order valence-electron chi connectivity index (χ3n) is 2.51. The van der Waals surface area contributed by atoms with Crippen LogP contribution < -0.4 is 5.73 Å². The minimum atomic E-state index is -3.47. The zero-order valence-electron chi connectivity index (χ0n) is 10.0. The number of sulfonamides is 1. The molecule has 0 aliphatic carbocycles. The third kappa shape index (κ3) is 2.28. The largest absolute Gasteiger partial charge is 0.464 e. The first kappa shape index (κ1) is 13.2. The van der Waals surface area contributed by atoms with Crippen LogP contribution >= 0.6 is 0 Å². The molecule has 2 N–H and O–H groups in total. The molecule has 0 unspecified atom stereocenters. The normalized spacial score (nSPS) is 12.7. The van der Waals surface area contributed by atoms with E-state index in [-0.39, 0.29) is 17.5 Å². The Morgan fingerprint density at radius 2 is 2.06 bits per heavy atom. The highest BCUT2D eigenvalue weighted by Gasteiger charge is 2.27. The molecule has 0 atom stereocenters. The van der Waals surface area contributed by atoms with Gasteiger partial charge in [-0.15, -0.1) is 0 Å². The second-order valence-electron chi connectivity index (χ2n) is 3.95. The summed E-state index contributed by atoms with van der Waals surface area (Å²) in [6, 6.07) is 1.39. The smallest absolute Gasteiger partial charge is 0.246 e. The second-order valence-corrected chi connectivity index (χ2v) is 5.92. The highest BCUT2D eigenvalue weighted by atomic mass is 32.2. The van der Waals surface area contributed by atoms with Gasteiger partial charge in [0.15, 0.2) is 0 Å². The van der Waals surface area contributed by atoms with Crippen LogP contribution in [0.5, 0.6) is 0 Å². The Morgan fingerprint density at radius 3 is 2.44 bits per heavy atom. The first-order valence-electron chi connectivity index (χ1n) is 5.08. The summed E-state index contributed by atoms with van der Waals surface area (Å²) in [5, 5.41) is 0. The van der Waals surface area contributed by atoms with Crippen LogP contribution in [0.25, 0.3) is 0 Å². The summed E-state index contributed by atoms with van der Waals surface area (Å²) >= 11 is 0. The minimum Gasteiger partial charge on any atom is -0.464 e. The quantitative estimate of drug-likeness (QED) is 0.862. The highest BCUT2D eigenvalue weighted by molar-refractivity contribution is 7.89. The summed E-state index contributed by atoms with van der Waals surface area (Å²) in [5.41, 5.74) is 5.41. The van der Waals surface area contributed by atoms with E-state index >= 15 is 0 Å². The molecule has 0 spiro atoms. The van der Waals surface area contributed by atoms with Crippen LogP contribution in [-0.2, 0) is 16.6 Å². The maximum absolute atomic E-state index is 12.1. The van der Waals surface area contributed by atoms with E-state index in [1.807, 2.05) is 13.8 Å². The lowest BCUT2D eigenvalue weighted by molar-refractivity contribution is 0.408. The van der Waals surface area contributed by atoms with Crippen molar-refractivity contribution in [3.8, 4) is 0 Å². The number of aryl methyl sites for hydroxylation is 1. The van der Waals surface area contributed by atoms with E-state index in [2.05, 4.69) is 0 Å². The second kappa shape index (κ2) is 4.57. The van der Waals surface area contributed by atoms with E-state index in [1.165, 1.54) is 10.4 Å². The first-order chi connectivity index (χ1) is 7.30. The van der Waals surface area contributed by atoms with Gasteiger partial charge in [0.25, 0.3) is 0 Å². The fourth-order valence-electron chi connectivity index (χ4n) is 1.31. The molecule has 0 aliphatic heterocycles. The molecule has 16 heavy (non-hydrogen) atoms. The Morgan fingerprint density at radius 1 is 1.50 bits per heavy atom. The lowest BCUT2D eigenvalue weighted by Gasteiger charge is -2.20. The maximum atomic E-state index is 12.1. The van der Waals surface area contributed by atoms with Gasteiger partial charge in [-0.25, -0.2) is 8.42 Å². The molecule has 5 nitrogen and oxygen atoms in total. The Labute approximate surface area is 96.3 Å². The summed E-state index contributed by atoms with van der Waals surface area (Å²) in [4.78, 5) is 0.198. The summed E-state index contributed by atoms with van der Waals surface area (Å²) in [5.74, 6) is 0.862. The van der Waals surface area contributed by atoms with Crippen molar-refractivity contribution in [2.24, 2.45) is 5.73 Å². The van der Waals surface area contributed by atoms with Crippen molar-refractivity contribution >= 4 is 10.0 Å². The molecule has 0 saturated heterocycles. The average molecular weight is 246 g/mol. The van der Waals surface area contributed by atoms with Crippen LogP contribution in [0, 0.1) is 6.92 Å². The van der Waals surface area contributed by atoms with Crippen LogP contribution in [0.2, 0.25) is 0 Å². The van der Waals surface area contributed by atoms with Gasteiger partial charge < -0.3 is 10.2 Å². The van der Waals surface area contributed by atoms with Gasteiger partial charge in [0, 0.05) is 19.2 Å². The lowest BCUT2D eigenvalue weighted by atomic mass is 10.4. The number of furan rings is 1. The van der Waals surface area contributed by atoms with Crippen molar-refractivity contribution < 1.29 is 12.8 Å². The summed E-state index contributed by atoms with van der Waals surface area (Å²) < 4.78 is 30.9. The van der Waals surface area contributed by atoms with Gasteiger partial charge in [-0.1, -0.05) is 0 Å². The molecule has 0 aromatic carbocycles. The molecular formula is C10H18N2O3S. The molecule has 1 rings (SSSR count). The molecule has 0 radical (unpaired) electrons. The molecule has 0 saturated carbocycles. The fraction of sp³-hybridized carbons (Fsp3) is 0.600. The van der Waals surface area contributed by atoms with Crippen LogP contribution in [-0.4, -0.2) is 25.8 Å². The molecular weight excluding hydrogens is 228 g/mol. The Hall–Kier alpha value is -0.850. The molecule has 6 heteroatoms. The number of hydrogen-bond acceptors (Lipinski definition) is 4. The molecule has 0 amide bonds. The summed E-state index contributed by atoms with van der Waals surface area (Å²) in [6.45, 7) is 5.45. The predicted octanol–water partition coefficient (Wildman–Crippen LogP) is 1.08. The van der Waals surface area contributed by atoms with E-state index in [0.717, 1.165) is 0 Å². The predicted molar refractivity (Wildman–Crippen MR) is 61.4 cm³/mol. The monoisotopic (exact) mass is 246 g/mol. The van der Waals surface area contributed by atoms with E-state index in [4.69, 9.17) is 10.2 Å². The zero-order valence-corrected chi connectivity index (χ0v) is 10.8. The summed E-state index contributed by atoms with van der Waals surface area (Å²) in [6.07, 6.45) is 0. The van der Waals surface area contributed by atoms with Gasteiger partial charge in [0.1, 0.15) is 16.4 Å². The Bertz CT molecular complexity index is 462. The van der Waals surface area contributed by atoms with Crippen molar-refractivity contribution in [2.75, 3.05) is 7.05 Å². The Balaban J connectivity index is 3.22. The van der Waals surface area contributed by atoms with Gasteiger partial charge in [0.05, 0.1) is 6.54 Å². The topological polar surface area (TPSA) is 76.5 Å². The number of rotatable bonds is 4. The van der Waals surface area contributed by atoms with Crippen LogP contribution in [0.15, 0.2) is 15.4 Å². The first-order valence-corrected chi connectivity index (χ1v) is 6.52. The summed E-state index contributed by atoms with van der Waals surface area (Å²) in [7, 11) is -1.92. The van der Waals surface area contributed by atoms with E-state index in [9.17, 15) is 8.42 Å². The number of hydrogen-bond donors (Lipinski definition) is 1. The lowest BCUT2D eigenvalue weighted by Crippen LogP contribution is -2.33. The van der Waals surface area contributed by atoms with Crippen molar-refractivity contribution in [1.29, 1.82) is 0 Å². The van der Waals surface area contributed by atoms with E-state index < -0.39 is 10.0 Å². The molecule has 0 fully saturated rings. The molecule has 1 aromatic rings. The standard InChI is InChI=1S/C10H18N2O3S/c1-7(2)12(4)16(13,14)10-5-9(6-11)15-8(10)3/h5,7H,6,11H2,1-4H3. The van der Waals surface area contributed by atoms with E-state index in [0.29, 0.717) is 11.5 Å². The highest BCUT2D eigenvalue weighted by Crippen LogP contribution is 2.23. The van der Waals surface area contributed by atoms with E-state index in [1.54, 1.807) is 14.0 Å². The molecule has 0 aliphatic rings. The number of nitrogens with zero attached hydrogens (tertiary/aromatic N) is 1. The third-order valence-corrected chi connectivity index (χ3v) is 4.65. The van der Waals surface area contributed by atoms with Crippen LogP contribution in [0.4, 0.5) is 0 Å². The molecule has 1 aromatic heterocycles. The van der Waals surface area contributed by atoms with Crippen LogP contribution in [0.1, 0.15) is 25.4 Å². The molecule has 92 valence electrons. The number of nitrogens with two attached hydrogens (primary N) is 1. The van der Waals surface area contributed by atoms with Crippen molar-refractivity contribution in [3.63, 3.8) is 0 Å². The minimum absolute atomic E-state index is 0.0966. The maximum Gasteiger partial charge on any atom is 0.246 e. The van der Waals surface area contributed by atoms with Gasteiger partial charge in [-0.05, 0) is 20.8 Å². The van der Waals surface area contributed by atoms with Gasteiger partial charge >= 0.3 is 0 Å². The SMILES string of the molecule is Cc1oc(CN)cc1S(=O)(=O)N(C)C(C)C. The fourth-order valence-corrected chi connectivity index (χ4v) is 2.86. The average Bonchev–Trinajstić information content (AvgIpc) is 2.58. The van der Waals surface area contributed by atoms with Gasteiger partial charge in [0.2, 0.25) is 10.0 Å². The van der Waals surface area contributed by atoms with Crippen molar-refractivity contribution in [3.05, 3.63) is 17.6 Å². The Kier molecular flexibility index (Phi) is 3.77. The van der Waals surface area contributed by atoms with Gasteiger partial charge in [-0.2, -0.15) is 4.31 Å². The van der Waals surface area contributed by atoms with Crippen molar-refractivity contribution in [1.82, 2.24) is 4.31 Å². The van der Waals surface area contributed by atoms with Crippen LogP contribution in [0.3, 0.4) is 0 Å². The van der Waals surface area contributed by atoms with Gasteiger partial charge in [-0.3, -0.25) is 0 Å². The zero-order chi connectivity index (χ0) is 12.5. The van der Waals surface area contributed by atoms with Crippen molar-refractivity contribution in [2.45, 2.75) is 38.3 Å².